The number of carbonyl (C=O) groups is 2. The molecule has 56 heavy (non-hydrogen) atoms. The molecule has 0 bridgehead atoms. The molecule has 5 heterocycles. The zero-order chi connectivity index (χ0) is 39.6. The molecule has 0 fully saturated rings. The van der Waals surface area contributed by atoms with Crippen LogP contribution in [-0.2, 0) is 20.0 Å². The van der Waals surface area contributed by atoms with Gasteiger partial charge in [-0.3, -0.25) is 14.5 Å². The molecule has 1 amide bonds. The van der Waals surface area contributed by atoms with Crippen molar-refractivity contribution in [2.24, 2.45) is 7.05 Å². The standard InChI is InChI=1S/C44H42Cl2N6O4/c1-24-17-31(18-25(2)40(24)46)56-16-8-10-32-33-12-13-35(45)39(38-27(4)48-49(6)28(38)5)41(33)52-26(3)21-51(43(53)42(32)52)37-23-50(22-29-9-7-15-47-20-29)36-14-11-30(44(54)55)19-34(36)37/h7,9,11-15,17-20,23,26H,8,10,16,21-22H2,1-6H3,(H,54,55). The van der Waals surface area contributed by atoms with E-state index in [1.54, 1.807) is 18.3 Å². The largest absolute Gasteiger partial charge is 0.494 e. The Morgan fingerprint density at radius 1 is 1.00 bits per heavy atom. The molecule has 1 aliphatic heterocycles. The predicted octanol–water partition coefficient (Wildman–Crippen LogP) is 9.91. The molecule has 1 aliphatic rings. The zero-order valence-electron chi connectivity index (χ0n) is 32.2. The Kier molecular flexibility index (Phi) is 9.66. The number of amides is 1. The van der Waals surface area contributed by atoms with Crippen molar-refractivity contribution in [2.45, 2.75) is 60.0 Å². The van der Waals surface area contributed by atoms with Crippen LogP contribution in [0.5, 0.6) is 5.75 Å². The maximum atomic E-state index is 15.3. The van der Waals surface area contributed by atoms with Crippen molar-refractivity contribution in [3.63, 3.8) is 0 Å². The number of aromatic nitrogens is 5. The van der Waals surface area contributed by atoms with E-state index in [0.717, 1.165) is 72.0 Å². The second kappa shape index (κ2) is 14.5. The lowest BCUT2D eigenvalue weighted by Crippen LogP contribution is -2.42. The van der Waals surface area contributed by atoms with Crippen LogP contribution in [0.15, 0.2) is 73.2 Å². The average Bonchev–Trinajstić information content (AvgIpc) is 3.78. The average molecular weight is 790 g/mol. The van der Waals surface area contributed by atoms with Crippen molar-refractivity contribution in [1.29, 1.82) is 0 Å². The number of ether oxygens (including phenoxy) is 1. The summed E-state index contributed by atoms with van der Waals surface area (Å²) < 4.78 is 12.3. The van der Waals surface area contributed by atoms with E-state index in [-0.39, 0.29) is 17.5 Å². The van der Waals surface area contributed by atoms with Crippen molar-refractivity contribution in [2.75, 3.05) is 18.1 Å². The van der Waals surface area contributed by atoms with Crippen LogP contribution in [0.4, 0.5) is 5.69 Å². The lowest BCUT2D eigenvalue weighted by molar-refractivity contribution is 0.0696. The number of fused-ring (bicyclic) bond motifs is 4. The van der Waals surface area contributed by atoms with E-state index >= 15 is 4.79 Å². The molecular weight excluding hydrogens is 747 g/mol. The Hall–Kier alpha value is -5.58. The van der Waals surface area contributed by atoms with Gasteiger partial charge in [0.2, 0.25) is 0 Å². The van der Waals surface area contributed by atoms with Crippen LogP contribution in [0.1, 0.15) is 73.9 Å². The normalized spacial score (nSPS) is 14.2. The van der Waals surface area contributed by atoms with Crippen molar-refractivity contribution in [1.82, 2.24) is 23.9 Å². The molecule has 1 unspecified atom stereocenters. The molecule has 12 heteroatoms. The molecule has 286 valence electrons. The monoisotopic (exact) mass is 788 g/mol. The lowest BCUT2D eigenvalue weighted by Gasteiger charge is -2.34. The second-order valence-corrected chi connectivity index (χ2v) is 15.6. The fourth-order valence-corrected chi connectivity index (χ4v) is 8.74. The third-order valence-corrected chi connectivity index (χ3v) is 11.9. The number of rotatable bonds is 10. The fraction of sp³-hybridized carbons (Fsp3) is 0.273. The first-order valence-electron chi connectivity index (χ1n) is 18.7. The van der Waals surface area contributed by atoms with Crippen molar-refractivity contribution >= 4 is 62.6 Å². The van der Waals surface area contributed by atoms with Crippen LogP contribution in [0.2, 0.25) is 10.0 Å². The number of hydrogen-bond acceptors (Lipinski definition) is 5. The number of hydrogen-bond donors (Lipinski definition) is 1. The maximum Gasteiger partial charge on any atom is 0.335 e. The number of nitrogens with zero attached hydrogens (tertiary/aromatic N) is 6. The lowest BCUT2D eigenvalue weighted by atomic mass is 9.98. The molecule has 0 radical (unpaired) electrons. The van der Waals surface area contributed by atoms with E-state index in [0.29, 0.717) is 54.3 Å². The van der Waals surface area contributed by atoms with Crippen molar-refractivity contribution in [3.05, 3.63) is 128 Å². The molecule has 0 aliphatic carbocycles. The van der Waals surface area contributed by atoms with Gasteiger partial charge in [-0.2, -0.15) is 5.10 Å². The molecule has 0 spiro atoms. The van der Waals surface area contributed by atoms with Gasteiger partial charge in [0.1, 0.15) is 11.4 Å². The fourth-order valence-electron chi connectivity index (χ4n) is 8.38. The number of carboxylic acids is 1. The summed E-state index contributed by atoms with van der Waals surface area (Å²) in [5.74, 6) is -0.443. The van der Waals surface area contributed by atoms with Gasteiger partial charge in [-0.15, -0.1) is 0 Å². The summed E-state index contributed by atoms with van der Waals surface area (Å²) in [5, 5.41) is 17.7. The van der Waals surface area contributed by atoms with Crippen LogP contribution in [0, 0.1) is 27.7 Å². The first-order chi connectivity index (χ1) is 26.8. The smallest absolute Gasteiger partial charge is 0.335 e. The first kappa shape index (κ1) is 37.3. The molecule has 8 rings (SSSR count). The molecule has 3 aromatic carbocycles. The zero-order valence-corrected chi connectivity index (χ0v) is 33.7. The van der Waals surface area contributed by atoms with E-state index in [1.807, 2.05) is 99.2 Å². The number of aryl methyl sites for hydroxylation is 5. The molecule has 0 saturated heterocycles. The number of carboxylic acid groups (broad SMARTS) is 1. The van der Waals surface area contributed by atoms with Crippen molar-refractivity contribution < 1.29 is 19.4 Å². The van der Waals surface area contributed by atoms with Gasteiger partial charge in [-0.1, -0.05) is 35.3 Å². The summed E-state index contributed by atoms with van der Waals surface area (Å²) in [7, 11) is 1.92. The highest BCUT2D eigenvalue weighted by molar-refractivity contribution is 6.35. The van der Waals surface area contributed by atoms with E-state index in [2.05, 4.69) is 21.0 Å². The Bertz CT molecular complexity index is 2690. The molecule has 4 aromatic heterocycles. The third kappa shape index (κ3) is 6.30. The van der Waals surface area contributed by atoms with E-state index < -0.39 is 5.97 Å². The summed E-state index contributed by atoms with van der Waals surface area (Å²) >= 11 is 13.6. The maximum absolute atomic E-state index is 15.3. The highest BCUT2D eigenvalue weighted by atomic mass is 35.5. The van der Waals surface area contributed by atoms with Crippen LogP contribution in [0.25, 0.3) is 32.9 Å². The number of pyridine rings is 1. The first-order valence-corrected chi connectivity index (χ1v) is 19.4. The Morgan fingerprint density at radius 3 is 2.45 bits per heavy atom. The number of anilines is 1. The van der Waals surface area contributed by atoms with Gasteiger partial charge in [0.05, 0.1) is 39.6 Å². The van der Waals surface area contributed by atoms with Crippen LogP contribution in [0.3, 0.4) is 0 Å². The number of aromatic carboxylic acids is 1. The minimum absolute atomic E-state index is 0.151. The molecule has 10 nitrogen and oxygen atoms in total. The van der Waals surface area contributed by atoms with Crippen LogP contribution in [-0.4, -0.2) is 54.0 Å². The van der Waals surface area contributed by atoms with Gasteiger partial charge in [0.15, 0.2) is 0 Å². The van der Waals surface area contributed by atoms with Crippen LogP contribution >= 0.6 is 23.2 Å². The van der Waals surface area contributed by atoms with Gasteiger partial charge < -0.3 is 23.9 Å². The quantitative estimate of drug-likeness (QED) is 0.138. The summed E-state index contributed by atoms with van der Waals surface area (Å²) in [5.41, 5.74) is 10.6. The van der Waals surface area contributed by atoms with E-state index in [4.69, 9.17) is 33.0 Å². The topological polar surface area (TPSA) is 107 Å². The molecule has 7 aromatic rings. The van der Waals surface area contributed by atoms with Gasteiger partial charge in [0.25, 0.3) is 5.91 Å². The van der Waals surface area contributed by atoms with Crippen LogP contribution < -0.4 is 9.64 Å². The minimum atomic E-state index is -1.03. The van der Waals surface area contributed by atoms with Gasteiger partial charge in [-0.25, -0.2) is 4.79 Å². The number of carbonyl (C=O) groups excluding carboxylic acids is 1. The highest BCUT2D eigenvalue weighted by Gasteiger charge is 2.38. The molecule has 1 N–H and O–H groups in total. The Balaban J connectivity index is 1.27. The Morgan fingerprint density at radius 2 is 1.77 bits per heavy atom. The molecule has 1 atom stereocenters. The minimum Gasteiger partial charge on any atom is -0.494 e. The summed E-state index contributed by atoms with van der Waals surface area (Å²) in [6.45, 7) is 11.4. The molecular formula is C44H42Cl2N6O4. The van der Waals surface area contributed by atoms with Gasteiger partial charge in [0, 0.05) is 77.4 Å². The summed E-state index contributed by atoms with van der Waals surface area (Å²) in [6.07, 6.45) is 6.70. The van der Waals surface area contributed by atoms with Crippen molar-refractivity contribution in [3.8, 4) is 16.9 Å². The highest BCUT2D eigenvalue weighted by Crippen LogP contribution is 2.46. The SMILES string of the molecule is Cc1cc(OCCCc2c3n(c4c(-c5c(C)nn(C)c5C)c(Cl)ccc24)C(C)CN(c2cn(Cc4cccnc4)c4ccc(C(=O)O)cc24)C3=O)cc(C)c1Cl. The molecule has 0 saturated carbocycles. The third-order valence-electron chi connectivity index (χ3n) is 11.0. The summed E-state index contributed by atoms with van der Waals surface area (Å²) in [6, 6.07) is 16.6. The predicted molar refractivity (Wildman–Crippen MR) is 222 cm³/mol. The van der Waals surface area contributed by atoms with E-state index in [1.165, 1.54) is 0 Å². The number of halogens is 2. The Labute approximate surface area is 334 Å². The summed E-state index contributed by atoms with van der Waals surface area (Å²) in [4.78, 5) is 33.6. The van der Waals surface area contributed by atoms with Gasteiger partial charge in [-0.05, 0) is 112 Å². The van der Waals surface area contributed by atoms with Gasteiger partial charge >= 0.3 is 5.97 Å². The van der Waals surface area contributed by atoms with E-state index in [9.17, 15) is 9.90 Å². The second-order valence-electron chi connectivity index (χ2n) is 14.8. The number of benzene rings is 3.